The Bertz CT molecular complexity index is 949. The van der Waals surface area contributed by atoms with E-state index in [1.165, 1.54) is 12.1 Å². The van der Waals surface area contributed by atoms with E-state index >= 15 is 0 Å². The summed E-state index contributed by atoms with van der Waals surface area (Å²) in [5, 5.41) is 10.4. The van der Waals surface area contributed by atoms with Crippen LogP contribution in [-0.4, -0.2) is 39.3 Å². The van der Waals surface area contributed by atoms with E-state index in [1.807, 2.05) is 0 Å². The third-order valence-electron chi connectivity index (χ3n) is 3.89. The Balaban J connectivity index is 2.16. The highest BCUT2D eigenvalue weighted by Gasteiger charge is 2.24. The molecule has 2 rings (SSSR count). The first-order valence-electron chi connectivity index (χ1n) is 8.10. The number of nitrogens with two attached hydrogens (primary N) is 1. The van der Waals surface area contributed by atoms with Gasteiger partial charge in [-0.15, -0.1) is 0 Å². The molecular weight excluding hydrogens is 392 g/mol. The summed E-state index contributed by atoms with van der Waals surface area (Å²) in [4.78, 5) is 11.6. The quantitative estimate of drug-likeness (QED) is 0.213. The number of hydrogen-bond acceptors (Lipinski definition) is 5. The van der Waals surface area contributed by atoms with Crippen LogP contribution in [0.3, 0.4) is 0 Å². The average molecular weight is 413 g/mol. The van der Waals surface area contributed by atoms with Crippen LogP contribution in [0.25, 0.3) is 10.8 Å². The molecule has 2 aromatic carbocycles. The average Bonchev–Trinajstić information content (AvgIpc) is 2.62. The van der Waals surface area contributed by atoms with Crippen molar-refractivity contribution in [3.8, 4) is 5.75 Å². The second-order valence-electron chi connectivity index (χ2n) is 5.84. The van der Waals surface area contributed by atoms with E-state index in [2.05, 4.69) is 10.0 Å². The molecule has 0 amide bonds. The van der Waals surface area contributed by atoms with E-state index in [-0.39, 0.29) is 17.3 Å². The highest BCUT2D eigenvalue weighted by atomic mass is 35.5. The molecule has 27 heavy (non-hydrogen) atoms. The molecule has 2 aromatic rings. The second kappa shape index (κ2) is 9.03. The van der Waals surface area contributed by atoms with Gasteiger partial charge in [-0.1, -0.05) is 12.1 Å². The van der Waals surface area contributed by atoms with Gasteiger partial charge in [-0.3, -0.25) is 10.2 Å². The van der Waals surface area contributed by atoms with Crippen LogP contribution in [0.1, 0.15) is 12.8 Å². The normalized spacial score (nSPS) is 12.5. The summed E-state index contributed by atoms with van der Waals surface area (Å²) in [6.07, 6.45) is 0.579. The lowest BCUT2D eigenvalue weighted by atomic mass is 10.1. The van der Waals surface area contributed by atoms with Crippen molar-refractivity contribution >= 4 is 43.6 Å². The van der Waals surface area contributed by atoms with Crippen LogP contribution in [-0.2, 0) is 14.8 Å². The number of ether oxygens (including phenoxy) is 1. The van der Waals surface area contributed by atoms with Gasteiger partial charge in [-0.05, 0) is 59.5 Å². The zero-order chi connectivity index (χ0) is 20.0. The lowest BCUT2D eigenvalue weighted by Crippen LogP contribution is -2.39. The largest absolute Gasteiger partial charge is 0.497 e. The zero-order valence-electron chi connectivity index (χ0n) is 14.7. The summed E-state index contributed by atoms with van der Waals surface area (Å²) in [5.74, 6) is 0.473. The van der Waals surface area contributed by atoms with Crippen LogP contribution >= 0.6 is 11.6 Å². The molecule has 0 bridgehead atoms. The van der Waals surface area contributed by atoms with Crippen molar-refractivity contribution in [3.05, 3.63) is 36.4 Å². The Labute approximate surface area is 162 Å². The van der Waals surface area contributed by atoms with Crippen molar-refractivity contribution in [1.82, 2.24) is 10.0 Å². The predicted octanol–water partition coefficient (Wildman–Crippen LogP) is 1.52. The van der Waals surface area contributed by atoms with Crippen molar-refractivity contribution < 1.29 is 17.9 Å². The first-order chi connectivity index (χ1) is 12.7. The van der Waals surface area contributed by atoms with Gasteiger partial charge in [0.2, 0.25) is 15.3 Å². The van der Waals surface area contributed by atoms with Gasteiger partial charge in [0, 0.05) is 6.54 Å². The lowest BCUT2D eigenvalue weighted by molar-refractivity contribution is -0.113. The molecule has 0 unspecified atom stereocenters. The standard InChI is InChI=1S/C17H21ClN4O4S/c1-26-13-6-4-12-10-14(7-5-11(12)9-13)27(24,25)22-15(16(18)23)3-2-8-21-17(19)20/h4-7,9-10,15,22H,2-3,8H2,1H3,(H4,19,20,21)/t15-/m0/s1. The van der Waals surface area contributed by atoms with Gasteiger partial charge in [0.15, 0.2) is 5.96 Å². The number of halogens is 1. The number of methoxy groups -OCH3 is 1. The van der Waals surface area contributed by atoms with Gasteiger partial charge in [0.05, 0.1) is 18.0 Å². The van der Waals surface area contributed by atoms with Crippen LogP contribution in [0.15, 0.2) is 41.3 Å². The minimum absolute atomic E-state index is 0.0324. The third-order valence-corrected chi connectivity index (χ3v) is 5.62. The lowest BCUT2D eigenvalue weighted by Gasteiger charge is -2.15. The minimum Gasteiger partial charge on any atom is -0.497 e. The van der Waals surface area contributed by atoms with E-state index < -0.39 is 21.3 Å². The number of carbonyl (C=O) groups excluding carboxylic acids is 1. The molecule has 0 aliphatic rings. The van der Waals surface area contributed by atoms with E-state index in [1.54, 1.807) is 31.4 Å². The fraction of sp³-hybridized carbons (Fsp3) is 0.294. The van der Waals surface area contributed by atoms with Crippen LogP contribution in [0.2, 0.25) is 0 Å². The maximum absolute atomic E-state index is 12.6. The number of hydrogen-bond donors (Lipinski definition) is 4. The minimum atomic E-state index is -3.94. The summed E-state index contributed by atoms with van der Waals surface area (Å²) in [6, 6.07) is 8.86. The van der Waals surface area contributed by atoms with Crippen molar-refractivity contribution in [2.75, 3.05) is 13.7 Å². The van der Waals surface area contributed by atoms with Gasteiger partial charge < -0.3 is 15.8 Å². The van der Waals surface area contributed by atoms with E-state index in [4.69, 9.17) is 27.5 Å². The molecule has 10 heteroatoms. The van der Waals surface area contributed by atoms with Crippen molar-refractivity contribution in [2.45, 2.75) is 23.8 Å². The highest BCUT2D eigenvalue weighted by Crippen LogP contribution is 2.24. The molecule has 0 heterocycles. The number of rotatable bonds is 9. The fourth-order valence-corrected chi connectivity index (χ4v) is 3.99. The Kier molecular flexibility index (Phi) is 7.00. The molecule has 0 saturated carbocycles. The second-order valence-corrected chi connectivity index (χ2v) is 7.92. The molecule has 5 N–H and O–H groups in total. The van der Waals surface area contributed by atoms with Crippen LogP contribution < -0.4 is 20.5 Å². The molecular formula is C17H21ClN4O4S. The van der Waals surface area contributed by atoms with Gasteiger partial charge in [-0.25, -0.2) is 8.42 Å². The molecule has 0 saturated heterocycles. The first-order valence-corrected chi connectivity index (χ1v) is 9.96. The number of sulfonamides is 1. The van der Waals surface area contributed by atoms with E-state index in [0.717, 1.165) is 10.8 Å². The van der Waals surface area contributed by atoms with Crippen molar-refractivity contribution in [1.29, 1.82) is 5.41 Å². The van der Waals surface area contributed by atoms with Crippen molar-refractivity contribution in [3.63, 3.8) is 0 Å². The molecule has 0 radical (unpaired) electrons. The predicted molar refractivity (Wildman–Crippen MR) is 105 cm³/mol. The molecule has 0 aliphatic carbocycles. The number of fused-ring (bicyclic) bond motifs is 1. The molecule has 146 valence electrons. The topological polar surface area (TPSA) is 134 Å². The Hall–Kier alpha value is -2.36. The van der Waals surface area contributed by atoms with Gasteiger partial charge >= 0.3 is 0 Å². The van der Waals surface area contributed by atoms with Gasteiger partial charge in [-0.2, -0.15) is 4.72 Å². The molecule has 0 aromatic heterocycles. The smallest absolute Gasteiger partial charge is 0.241 e. The number of carbonyl (C=O) groups is 1. The SMILES string of the molecule is COc1ccc2cc(S(=O)(=O)N[C@@H](CCCNC(=N)N)C(=O)Cl)ccc2c1. The maximum Gasteiger partial charge on any atom is 0.241 e. The molecule has 0 aliphatic heterocycles. The Morgan fingerprint density at radius 3 is 2.56 bits per heavy atom. The van der Waals surface area contributed by atoms with Gasteiger partial charge in [0.25, 0.3) is 0 Å². The number of nitrogens with one attached hydrogen (secondary N) is 3. The first kappa shape index (κ1) is 20.9. The zero-order valence-corrected chi connectivity index (χ0v) is 16.2. The summed E-state index contributed by atoms with van der Waals surface area (Å²) in [5.41, 5.74) is 5.17. The molecule has 1 atom stereocenters. The maximum atomic E-state index is 12.6. The highest BCUT2D eigenvalue weighted by molar-refractivity contribution is 7.89. The fourth-order valence-electron chi connectivity index (χ4n) is 2.50. The summed E-state index contributed by atoms with van der Waals surface area (Å²) in [7, 11) is -2.38. The third kappa shape index (κ3) is 5.81. The van der Waals surface area contributed by atoms with Gasteiger partial charge in [0.1, 0.15) is 5.75 Å². The Morgan fingerprint density at radius 2 is 1.93 bits per heavy atom. The number of benzene rings is 2. The van der Waals surface area contributed by atoms with E-state index in [0.29, 0.717) is 18.7 Å². The van der Waals surface area contributed by atoms with Crippen LogP contribution in [0.4, 0.5) is 0 Å². The van der Waals surface area contributed by atoms with E-state index in [9.17, 15) is 13.2 Å². The Morgan fingerprint density at radius 1 is 1.26 bits per heavy atom. The van der Waals surface area contributed by atoms with Crippen molar-refractivity contribution in [2.24, 2.45) is 5.73 Å². The molecule has 0 spiro atoms. The summed E-state index contributed by atoms with van der Waals surface area (Å²) < 4.78 is 32.8. The van der Waals surface area contributed by atoms with Crippen LogP contribution in [0, 0.1) is 5.41 Å². The monoisotopic (exact) mass is 412 g/mol. The summed E-state index contributed by atoms with van der Waals surface area (Å²) in [6.45, 7) is 0.329. The van der Waals surface area contributed by atoms with Crippen LogP contribution in [0.5, 0.6) is 5.75 Å². The molecule has 8 nitrogen and oxygen atoms in total. The molecule has 0 fully saturated rings. The number of guanidine groups is 1. The summed E-state index contributed by atoms with van der Waals surface area (Å²) >= 11 is 5.54.